The first-order valence-electron chi connectivity index (χ1n) is 5.17. The molecule has 0 bridgehead atoms. The second-order valence-corrected chi connectivity index (χ2v) is 4.12. The number of ether oxygens (including phenoxy) is 1. The largest absolute Gasteiger partial charge is 0.494 e. The molecule has 2 amide bonds. The molecule has 0 aliphatic rings. The summed E-state index contributed by atoms with van der Waals surface area (Å²) in [6.45, 7) is 2.83. The zero-order valence-corrected chi connectivity index (χ0v) is 10.0. The quantitative estimate of drug-likeness (QED) is 0.593. The van der Waals surface area contributed by atoms with Crippen molar-refractivity contribution in [2.75, 3.05) is 6.61 Å². The molecule has 5 heteroatoms. The lowest BCUT2D eigenvalue weighted by atomic mass is 10.3. The van der Waals surface area contributed by atoms with E-state index >= 15 is 0 Å². The van der Waals surface area contributed by atoms with Crippen LogP contribution in [0.4, 0.5) is 4.79 Å². The van der Waals surface area contributed by atoms with Gasteiger partial charge in [0, 0.05) is 4.90 Å². The fourth-order valence-corrected chi connectivity index (χ4v) is 1.61. The number of primary amides is 1. The van der Waals surface area contributed by atoms with Crippen molar-refractivity contribution in [2.24, 2.45) is 5.73 Å². The molecule has 0 saturated heterocycles. The van der Waals surface area contributed by atoms with Crippen LogP contribution in [0.5, 0.6) is 5.75 Å². The Balaban J connectivity index is 2.46. The molecule has 1 aromatic rings. The molecule has 0 aliphatic heterocycles. The van der Waals surface area contributed by atoms with Gasteiger partial charge in [0.25, 0.3) is 0 Å². The molecule has 1 aromatic carbocycles. The zero-order chi connectivity index (χ0) is 11.8. The normalized spacial score (nSPS) is 9.81. The van der Waals surface area contributed by atoms with Gasteiger partial charge in [-0.2, -0.15) is 0 Å². The van der Waals surface area contributed by atoms with Crippen LogP contribution in [0, 0.1) is 0 Å². The highest BCUT2D eigenvalue weighted by Crippen LogP contribution is 2.20. The summed E-state index contributed by atoms with van der Waals surface area (Å²) in [4.78, 5) is 11.4. The van der Waals surface area contributed by atoms with Gasteiger partial charge in [-0.15, -0.1) is 0 Å². The Hall–Kier alpha value is -1.36. The number of unbranched alkanes of at least 4 members (excludes halogenated alkanes) is 1. The van der Waals surface area contributed by atoms with Gasteiger partial charge in [-0.3, -0.25) is 4.72 Å². The van der Waals surface area contributed by atoms with Gasteiger partial charge in [0.05, 0.1) is 6.61 Å². The lowest BCUT2D eigenvalue weighted by Gasteiger charge is -2.07. The van der Waals surface area contributed by atoms with Crippen LogP contribution in [0.25, 0.3) is 0 Å². The van der Waals surface area contributed by atoms with Gasteiger partial charge in [0.15, 0.2) is 0 Å². The van der Waals surface area contributed by atoms with Crippen molar-refractivity contribution in [2.45, 2.75) is 24.7 Å². The Labute approximate surface area is 99.7 Å². The van der Waals surface area contributed by atoms with Gasteiger partial charge in [-0.1, -0.05) is 19.4 Å². The van der Waals surface area contributed by atoms with E-state index in [1.54, 1.807) is 0 Å². The smallest absolute Gasteiger partial charge is 0.322 e. The van der Waals surface area contributed by atoms with Gasteiger partial charge in [-0.05, 0) is 36.6 Å². The Bertz CT molecular complexity index is 345. The van der Waals surface area contributed by atoms with E-state index in [4.69, 9.17) is 10.5 Å². The summed E-state index contributed by atoms with van der Waals surface area (Å²) in [5, 5.41) is 0. The SMILES string of the molecule is CCCCOc1cccc(SNC(N)=O)c1. The van der Waals surface area contributed by atoms with E-state index in [-0.39, 0.29) is 0 Å². The molecule has 0 radical (unpaired) electrons. The molecule has 16 heavy (non-hydrogen) atoms. The minimum absolute atomic E-state index is 0.553. The molecular weight excluding hydrogens is 224 g/mol. The van der Waals surface area contributed by atoms with E-state index in [9.17, 15) is 4.79 Å². The Morgan fingerprint density at radius 2 is 2.38 bits per heavy atom. The molecule has 0 aliphatic carbocycles. The van der Waals surface area contributed by atoms with Crippen LogP contribution in [0.15, 0.2) is 29.2 Å². The highest BCUT2D eigenvalue weighted by atomic mass is 32.2. The lowest BCUT2D eigenvalue weighted by Crippen LogP contribution is -2.22. The van der Waals surface area contributed by atoms with Crippen LogP contribution in [-0.4, -0.2) is 12.6 Å². The molecular formula is C11H16N2O2S. The fraction of sp³-hybridized carbons (Fsp3) is 0.364. The van der Waals surface area contributed by atoms with Crippen molar-refractivity contribution in [3.63, 3.8) is 0 Å². The monoisotopic (exact) mass is 240 g/mol. The maximum Gasteiger partial charge on any atom is 0.322 e. The van der Waals surface area contributed by atoms with E-state index in [0.717, 1.165) is 23.5 Å². The molecule has 3 N–H and O–H groups in total. The summed E-state index contributed by atoms with van der Waals surface area (Å²) in [7, 11) is 0. The third kappa shape index (κ3) is 4.93. The summed E-state index contributed by atoms with van der Waals surface area (Å²) in [6.07, 6.45) is 2.15. The van der Waals surface area contributed by atoms with Crippen molar-refractivity contribution < 1.29 is 9.53 Å². The van der Waals surface area contributed by atoms with Crippen LogP contribution in [-0.2, 0) is 0 Å². The van der Waals surface area contributed by atoms with Crippen molar-refractivity contribution in [1.29, 1.82) is 0 Å². The number of amides is 2. The van der Waals surface area contributed by atoms with Crippen molar-refractivity contribution in [3.05, 3.63) is 24.3 Å². The number of nitrogens with two attached hydrogens (primary N) is 1. The van der Waals surface area contributed by atoms with Crippen LogP contribution in [0.3, 0.4) is 0 Å². The molecule has 0 heterocycles. The molecule has 0 saturated carbocycles. The highest BCUT2D eigenvalue weighted by Gasteiger charge is 1.99. The average molecular weight is 240 g/mol. The number of hydrogen-bond acceptors (Lipinski definition) is 3. The molecule has 0 spiro atoms. The molecule has 1 rings (SSSR count). The van der Waals surface area contributed by atoms with Gasteiger partial charge < -0.3 is 10.5 Å². The fourth-order valence-electron chi connectivity index (χ4n) is 1.07. The van der Waals surface area contributed by atoms with Crippen molar-refractivity contribution in [1.82, 2.24) is 4.72 Å². The first-order chi connectivity index (χ1) is 7.72. The second kappa shape index (κ2) is 7.00. The number of hydrogen-bond donors (Lipinski definition) is 2. The third-order valence-electron chi connectivity index (χ3n) is 1.84. The molecule has 0 unspecified atom stereocenters. The third-order valence-corrected chi connectivity index (χ3v) is 2.63. The zero-order valence-electron chi connectivity index (χ0n) is 9.23. The summed E-state index contributed by atoms with van der Waals surface area (Å²) in [6, 6.07) is 6.97. The average Bonchev–Trinajstić information content (AvgIpc) is 2.27. The number of rotatable bonds is 6. The Morgan fingerprint density at radius 1 is 1.56 bits per heavy atom. The molecule has 4 nitrogen and oxygen atoms in total. The van der Waals surface area contributed by atoms with Gasteiger partial charge in [0.2, 0.25) is 0 Å². The van der Waals surface area contributed by atoms with Crippen molar-refractivity contribution >= 4 is 18.0 Å². The van der Waals surface area contributed by atoms with Crippen LogP contribution < -0.4 is 15.2 Å². The number of urea groups is 1. The van der Waals surface area contributed by atoms with Crippen LogP contribution in [0.2, 0.25) is 0 Å². The van der Waals surface area contributed by atoms with Crippen LogP contribution >= 0.6 is 11.9 Å². The lowest BCUT2D eigenvalue weighted by molar-refractivity contribution is 0.254. The van der Waals surface area contributed by atoms with Crippen molar-refractivity contribution in [3.8, 4) is 5.75 Å². The van der Waals surface area contributed by atoms with Crippen LogP contribution in [0.1, 0.15) is 19.8 Å². The maximum atomic E-state index is 10.5. The first-order valence-corrected chi connectivity index (χ1v) is 5.99. The standard InChI is InChI=1S/C11H16N2O2S/c1-2-3-7-15-9-5-4-6-10(8-9)16-13-11(12)14/h4-6,8H,2-3,7H2,1H3,(H3,12,13,14). The Morgan fingerprint density at radius 3 is 3.06 bits per heavy atom. The highest BCUT2D eigenvalue weighted by molar-refractivity contribution is 7.98. The Kier molecular flexibility index (Phi) is 5.56. The van der Waals surface area contributed by atoms with Gasteiger partial charge >= 0.3 is 6.03 Å². The molecule has 0 fully saturated rings. The number of carbonyl (C=O) groups excluding carboxylic acids is 1. The maximum absolute atomic E-state index is 10.5. The number of nitrogens with one attached hydrogen (secondary N) is 1. The first kappa shape index (κ1) is 12.7. The van der Waals surface area contributed by atoms with E-state index < -0.39 is 6.03 Å². The van der Waals surface area contributed by atoms with Gasteiger partial charge in [-0.25, -0.2) is 4.79 Å². The predicted molar refractivity (Wildman–Crippen MR) is 65.4 cm³/mol. The second-order valence-electron chi connectivity index (χ2n) is 3.25. The summed E-state index contributed by atoms with van der Waals surface area (Å²) < 4.78 is 7.99. The number of benzene rings is 1. The predicted octanol–water partition coefficient (Wildman–Crippen LogP) is 2.54. The van der Waals surface area contributed by atoms with E-state index in [0.29, 0.717) is 6.61 Å². The minimum Gasteiger partial charge on any atom is -0.494 e. The summed E-state index contributed by atoms with van der Waals surface area (Å²) in [5.74, 6) is 0.810. The van der Waals surface area contributed by atoms with E-state index in [1.807, 2.05) is 24.3 Å². The van der Waals surface area contributed by atoms with Gasteiger partial charge in [0.1, 0.15) is 5.75 Å². The molecule has 0 aromatic heterocycles. The minimum atomic E-state index is -0.553. The van der Waals surface area contributed by atoms with E-state index in [1.165, 1.54) is 11.9 Å². The molecule has 0 atom stereocenters. The molecule has 88 valence electrons. The number of carbonyl (C=O) groups is 1. The topological polar surface area (TPSA) is 64.3 Å². The summed E-state index contributed by atoms with van der Waals surface area (Å²) in [5.41, 5.74) is 4.97. The van der Waals surface area contributed by atoms with E-state index in [2.05, 4.69) is 11.6 Å². The summed E-state index contributed by atoms with van der Waals surface area (Å²) >= 11 is 1.18.